The molecule has 4 aromatic rings. The first-order valence-corrected chi connectivity index (χ1v) is 9.13. The molecule has 0 radical (unpaired) electrons. The summed E-state index contributed by atoms with van der Waals surface area (Å²) in [6.07, 6.45) is 4.10. The lowest BCUT2D eigenvalue weighted by Gasteiger charge is -2.12. The fourth-order valence-corrected chi connectivity index (χ4v) is 4.19. The molecule has 0 amide bonds. The zero-order valence-corrected chi connectivity index (χ0v) is 15.6. The van der Waals surface area contributed by atoms with Crippen LogP contribution in [0.3, 0.4) is 0 Å². The van der Waals surface area contributed by atoms with Gasteiger partial charge in [0.15, 0.2) is 0 Å². The number of hydrogen-bond acceptors (Lipinski definition) is 1. The molecule has 3 nitrogen and oxygen atoms in total. The highest BCUT2D eigenvalue weighted by atomic mass is 35.5. The Morgan fingerprint density at radius 1 is 1.00 bits per heavy atom. The Morgan fingerprint density at radius 3 is 2.77 bits per heavy atom. The Labute approximate surface area is 161 Å². The summed E-state index contributed by atoms with van der Waals surface area (Å²) < 4.78 is 4.24. The predicted molar refractivity (Wildman–Crippen MR) is 108 cm³/mol. The third-order valence-electron chi connectivity index (χ3n) is 4.94. The zero-order chi connectivity index (χ0) is 17.8. The summed E-state index contributed by atoms with van der Waals surface area (Å²) in [5.74, 6) is 0. The van der Waals surface area contributed by atoms with Gasteiger partial charge in [-0.25, -0.2) is 0 Å². The summed E-state index contributed by atoms with van der Waals surface area (Å²) in [7, 11) is 2.05. The maximum atomic E-state index is 6.46. The maximum Gasteiger partial charge on any atom is 0.0891 e. The van der Waals surface area contributed by atoms with Crippen molar-refractivity contribution in [1.82, 2.24) is 9.13 Å². The highest BCUT2D eigenvalue weighted by Crippen LogP contribution is 2.33. The van der Waals surface area contributed by atoms with Gasteiger partial charge in [-0.05, 0) is 42.5 Å². The Hall–Kier alpha value is -2.49. The van der Waals surface area contributed by atoms with Crippen molar-refractivity contribution in [1.29, 1.82) is 0 Å². The number of nitrogens with zero attached hydrogens (tertiary/aromatic N) is 3. The quantitative estimate of drug-likeness (QED) is 0.409. The molecule has 1 aliphatic heterocycles. The molecule has 0 N–H and O–H groups in total. The molecule has 5 heteroatoms. The highest BCUT2D eigenvalue weighted by Gasteiger charge is 2.20. The van der Waals surface area contributed by atoms with Crippen LogP contribution in [0.4, 0.5) is 0 Å². The van der Waals surface area contributed by atoms with Gasteiger partial charge in [-0.2, -0.15) is 0 Å². The molecule has 0 spiro atoms. The molecule has 128 valence electrons. The van der Waals surface area contributed by atoms with E-state index < -0.39 is 0 Å². The standard InChI is InChI=1S/C21H15Cl2N3/c1-25-8-6-13-9-14(4-5-18(13)25)21-19-3-2-7-26(19)20-11-15(22)10-17(23)16(20)12-24-21/h2-11H,12H2,1H3. The van der Waals surface area contributed by atoms with Crippen molar-refractivity contribution in [2.24, 2.45) is 12.0 Å². The summed E-state index contributed by atoms with van der Waals surface area (Å²) in [5.41, 5.74) is 6.28. The lowest BCUT2D eigenvalue weighted by Crippen LogP contribution is -2.08. The van der Waals surface area contributed by atoms with E-state index >= 15 is 0 Å². The SMILES string of the molecule is Cn1ccc2cc(C3=NCc4c(Cl)cc(Cl)cc4-n4cccc43)ccc21. The Kier molecular flexibility index (Phi) is 3.49. The van der Waals surface area contributed by atoms with Gasteiger partial charge >= 0.3 is 0 Å². The second kappa shape index (κ2) is 5.76. The fourth-order valence-electron chi connectivity index (χ4n) is 3.65. The number of rotatable bonds is 1. The molecule has 0 atom stereocenters. The molecule has 0 fully saturated rings. The lowest BCUT2D eigenvalue weighted by atomic mass is 10.1. The first-order chi connectivity index (χ1) is 12.6. The van der Waals surface area contributed by atoms with Crippen LogP contribution in [0.15, 0.2) is 65.9 Å². The minimum Gasteiger partial charge on any atom is -0.351 e. The van der Waals surface area contributed by atoms with E-state index in [9.17, 15) is 0 Å². The van der Waals surface area contributed by atoms with Crippen LogP contribution in [0.25, 0.3) is 16.6 Å². The van der Waals surface area contributed by atoms with Crippen LogP contribution < -0.4 is 0 Å². The van der Waals surface area contributed by atoms with E-state index in [1.165, 1.54) is 10.9 Å². The monoisotopic (exact) mass is 379 g/mol. The van der Waals surface area contributed by atoms with Crippen molar-refractivity contribution in [3.05, 3.63) is 87.8 Å². The third kappa shape index (κ3) is 2.32. The van der Waals surface area contributed by atoms with E-state index in [4.69, 9.17) is 28.2 Å². The molecule has 2 aromatic carbocycles. The molecule has 26 heavy (non-hydrogen) atoms. The first-order valence-electron chi connectivity index (χ1n) is 8.38. The van der Waals surface area contributed by atoms with Crippen molar-refractivity contribution < 1.29 is 0 Å². The van der Waals surface area contributed by atoms with E-state index in [1.807, 2.05) is 18.3 Å². The predicted octanol–water partition coefficient (Wildman–Crippen LogP) is 5.63. The minimum absolute atomic E-state index is 0.523. The number of fused-ring (bicyclic) bond motifs is 4. The molecule has 0 bridgehead atoms. The molecule has 0 saturated heterocycles. The van der Waals surface area contributed by atoms with Crippen molar-refractivity contribution in [3.8, 4) is 5.69 Å². The van der Waals surface area contributed by atoms with Gasteiger partial charge in [0.25, 0.3) is 0 Å². The molecular formula is C21H15Cl2N3. The summed E-state index contributed by atoms with van der Waals surface area (Å²) in [5, 5.41) is 2.48. The van der Waals surface area contributed by atoms with Crippen LogP contribution in [0.1, 0.15) is 16.8 Å². The van der Waals surface area contributed by atoms with Crippen molar-refractivity contribution in [3.63, 3.8) is 0 Å². The minimum atomic E-state index is 0.523. The van der Waals surface area contributed by atoms with Gasteiger partial charge in [0.05, 0.1) is 23.6 Å². The van der Waals surface area contributed by atoms with Gasteiger partial charge in [0, 0.05) is 51.5 Å². The highest BCUT2D eigenvalue weighted by molar-refractivity contribution is 6.35. The topological polar surface area (TPSA) is 22.2 Å². The van der Waals surface area contributed by atoms with Gasteiger partial charge in [0.1, 0.15) is 0 Å². The molecule has 5 rings (SSSR count). The largest absolute Gasteiger partial charge is 0.351 e. The number of benzene rings is 2. The average molecular weight is 380 g/mol. The number of halogens is 2. The van der Waals surface area contributed by atoms with E-state index in [-0.39, 0.29) is 0 Å². The molecule has 0 aliphatic carbocycles. The van der Waals surface area contributed by atoms with Gasteiger partial charge in [-0.3, -0.25) is 4.99 Å². The summed E-state index contributed by atoms with van der Waals surface area (Å²) in [4.78, 5) is 4.91. The molecule has 1 aliphatic rings. The Bertz CT molecular complexity index is 1200. The van der Waals surface area contributed by atoms with E-state index in [0.717, 1.165) is 28.2 Å². The normalized spacial score (nSPS) is 13.3. The van der Waals surface area contributed by atoms with Gasteiger partial charge in [0.2, 0.25) is 0 Å². The molecule has 0 saturated carbocycles. The molecule has 2 aromatic heterocycles. The van der Waals surface area contributed by atoms with Crippen LogP contribution in [-0.2, 0) is 13.6 Å². The lowest BCUT2D eigenvalue weighted by molar-refractivity contribution is 0.969. The Morgan fingerprint density at radius 2 is 1.88 bits per heavy atom. The van der Waals surface area contributed by atoms with Crippen molar-refractivity contribution in [2.75, 3.05) is 0 Å². The second-order valence-corrected chi connectivity index (χ2v) is 7.36. The van der Waals surface area contributed by atoms with Gasteiger partial charge in [-0.15, -0.1) is 0 Å². The number of aryl methyl sites for hydroxylation is 1. The number of aliphatic imine (C=N–C) groups is 1. The summed E-state index contributed by atoms with van der Waals surface area (Å²) >= 11 is 12.7. The number of hydrogen-bond donors (Lipinski definition) is 0. The maximum absolute atomic E-state index is 6.46. The smallest absolute Gasteiger partial charge is 0.0891 e. The first kappa shape index (κ1) is 15.7. The Balaban J connectivity index is 1.73. The van der Waals surface area contributed by atoms with E-state index in [0.29, 0.717) is 16.6 Å². The third-order valence-corrected chi connectivity index (χ3v) is 5.50. The van der Waals surface area contributed by atoms with Gasteiger partial charge in [-0.1, -0.05) is 29.3 Å². The zero-order valence-electron chi connectivity index (χ0n) is 14.1. The second-order valence-electron chi connectivity index (χ2n) is 6.51. The van der Waals surface area contributed by atoms with Gasteiger partial charge < -0.3 is 9.13 Å². The molecule has 0 unspecified atom stereocenters. The fraction of sp³-hybridized carbons (Fsp3) is 0.0952. The summed E-state index contributed by atoms with van der Waals surface area (Å²) in [6, 6.07) is 16.4. The van der Waals surface area contributed by atoms with Crippen LogP contribution in [-0.4, -0.2) is 14.8 Å². The number of aromatic nitrogens is 2. The van der Waals surface area contributed by atoms with Crippen molar-refractivity contribution in [2.45, 2.75) is 6.54 Å². The van der Waals surface area contributed by atoms with Crippen LogP contribution in [0, 0.1) is 0 Å². The van der Waals surface area contributed by atoms with Crippen LogP contribution in [0.5, 0.6) is 0 Å². The summed E-state index contributed by atoms with van der Waals surface area (Å²) in [6.45, 7) is 0.523. The van der Waals surface area contributed by atoms with E-state index in [1.54, 1.807) is 6.07 Å². The molecule has 3 heterocycles. The average Bonchev–Trinajstić information content (AvgIpc) is 3.20. The molecular weight excluding hydrogens is 365 g/mol. The van der Waals surface area contributed by atoms with Crippen molar-refractivity contribution >= 4 is 39.8 Å². The van der Waals surface area contributed by atoms with Crippen LogP contribution in [0.2, 0.25) is 10.0 Å². The van der Waals surface area contributed by atoms with Crippen LogP contribution >= 0.6 is 23.2 Å². The van der Waals surface area contributed by atoms with E-state index in [2.05, 4.69) is 52.7 Å².